The van der Waals surface area contributed by atoms with Gasteiger partial charge in [-0.3, -0.25) is 0 Å². The van der Waals surface area contributed by atoms with Crippen molar-refractivity contribution in [1.82, 2.24) is 0 Å². The first-order valence-corrected chi connectivity index (χ1v) is 21.2. The molecule has 0 bridgehead atoms. The van der Waals surface area contributed by atoms with Gasteiger partial charge in [0.1, 0.15) is 5.75 Å². The summed E-state index contributed by atoms with van der Waals surface area (Å²) in [5, 5.41) is 11.1. The Morgan fingerprint density at radius 2 is 1.92 bits per heavy atom. The highest BCUT2D eigenvalue weighted by molar-refractivity contribution is 6.74. The predicted octanol–water partition coefficient (Wildman–Crippen LogP) is 9.67. The van der Waals surface area contributed by atoms with Gasteiger partial charge in [-0.25, -0.2) is 0 Å². The van der Waals surface area contributed by atoms with Gasteiger partial charge in [-0.05, 0) is 87.2 Å². The SMILES string of the molecule is C#CC[C@@H]1C=CC[C@@H](C[C@@H](C)CC(=C)CC(O)/C=C/C[C@H](OCc2ccc(OC)cc2)[C@@H](/C=C/[C@@H]2CC(C)=CCO2)O[Si](C)(C)C(C)(C)C)O1. The van der Waals surface area contributed by atoms with Gasteiger partial charge in [-0.1, -0.05) is 100 Å². The number of benzene rings is 1. The van der Waals surface area contributed by atoms with Crippen molar-refractivity contribution in [3.63, 3.8) is 0 Å². The van der Waals surface area contributed by atoms with E-state index in [0.717, 1.165) is 42.6 Å². The summed E-state index contributed by atoms with van der Waals surface area (Å²) in [6, 6.07) is 7.96. The Morgan fingerprint density at radius 1 is 1.18 bits per heavy atom. The van der Waals surface area contributed by atoms with Gasteiger partial charge in [0.15, 0.2) is 8.32 Å². The molecule has 0 amide bonds. The van der Waals surface area contributed by atoms with Crippen LogP contribution in [0.1, 0.15) is 85.1 Å². The molecule has 0 radical (unpaired) electrons. The van der Waals surface area contributed by atoms with Crippen molar-refractivity contribution in [1.29, 1.82) is 0 Å². The summed E-state index contributed by atoms with van der Waals surface area (Å²) in [7, 11) is -0.513. The minimum Gasteiger partial charge on any atom is -0.497 e. The van der Waals surface area contributed by atoms with Crippen LogP contribution in [0.15, 0.2) is 84.5 Å². The predicted molar refractivity (Wildman–Crippen MR) is 209 cm³/mol. The molecule has 2 heterocycles. The van der Waals surface area contributed by atoms with E-state index in [2.05, 4.69) is 90.6 Å². The van der Waals surface area contributed by atoms with Gasteiger partial charge >= 0.3 is 0 Å². The van der Waals surface area contributed by atoms with E-state index < -0.39 is 14.4 Å². The van der Waals surface area contributed by atoms with Crippen LogP contribution >= 0.6 is 0 Å². The molecule has 7 atom stereocenters. The number of methoxy groups -OCH3 is 1. The molecule has 2 aliphatic heterocycles. The maximum atomic E-state index is 11.0. The summed E-state index contributed by atoms with van der Waals surface area (Å²) in [4.78, 5) is 0. The molecule has 0 aromatic heterocycles. The molecule has 1 aromatic carbocycles. The quantitative estimate of drug-likeness (QED) is 0.0879. The van der Waals surface area contributed by atoms with Gasteiger partial charge in [0.2, 0.25) is 0 Å². The Hall–Kier alpha value is -2.70. The average molecular weight is 705 g/mol. The van der Waals surface area contributed by atoms with Crippen LogP contribution in [0.4, 0.5) is 0 Å². The third-order valence-corrected chi connectivity index (χ3v) is 14.4. The van der Waals surface area contributed by atoms with E-state index in [1.807, 2.05) is 36.4 Å². The highest BCUT2D eigenvalue weighted by Gasteiger charge is 2.40. The lowest BCUT2D eigenvalue weighted by atomic mass is 9.91. The molecule has 1 aromatic rings. The molecule has 3 rings (SSSR count). The molecule has 0 saturated heterocycles. The van der Waals surface area contributed by atoms with E-state index >= 15 is 0 Å². The molecule has 0 spiro atoms. The first-order valence-electron chi connectivity index (χ1n) is 18.3. The van der Waals surface area contributed by atoms with Crippen LogP contribution < -0.4 is 4.74 Å². The zero-order valence-electron chi connectivity index (χ0n) is 32.0. The minimum atomic E-state index is -2.18. The van der Waals surface area contributed by atoms with Crippen LogP contribution in [0, 0.1) is 18.3 Å². The van der Waals surface area contributed by atoms with Gasteiger partial charge in [-0.15, -0.1) is 12.3 Å². The fourth-order valence-corrected chi connectivity index (χ4v) is 7.33. The fourth-order valence-electron chi connectivity index (χ4n) is 6.06. The summed E-state index contributed by atoms with van der Waals surface area (Å²) in [6.07, 6.45) is 24.3. The van der Waals surface area contributed by atoms with Crippen molar-refractivity contribution >= 4 is 8.32 Å². The molecule has 7 heteroatoms. The van der Waals surface area contributed by atoms with Gasteiger partial charge < -0.3 is 28.5 Å². The third kappa shape index (κ3) is 14.5. The van der Waals surface area contributed by atoms with Crippen LogP contribution in [0.5, 0.6) is 5.75 Å². The number of rotatable bonds is 19. The van der Waals surface area contributed by atoms with Crippen molar-refractivity contribution < 1.29 is 28.5 Å². The minimum absolute atomic E-state index is 0.00374. The number of terminal acetylenes is 1. The van der Waals surface area contributed by atoms with E-state index in [4.69, 9.17) is 29.8 Å². The molecule has 0 saturated carbocycles. The maximum Gasteiger partial charge on any atom is 0.193 e. The van der Waals surface area contributed by atoms with E-state index in [-0.39, 0.29) is 35.6 Å². The molecule has 0 fully saturated rings. The first-order chi connectivity index (χ1) is 23.7. The van der Waals surface area contributed by atoms with Crippen molar-refractivity contribution in [3.05, 3.63) is 90.1 Å². The van der Waals surface area contributed by atoms with E-state index in [0.29, 0.717) is 38.4 Å². The Kier molecular flexibility index (Phi) is 17.0. The summed E-state index contributed by atoms with van der Waals surface area (Å²) < 4.78 is 31.3. The van der Waals surface area contributed by atoms with Crippen LogP contribution in [-0.2, 0) is 25.2 Å². The summed E-state index contributed by atoms with van der Waals surface area (Å²) in [6.45, 7) is 21.0. The van der Waals surface area contributed by atoms with Gasteiger partial charge in [0, 0.05) is 6.42 Å². The standard InChI is InChI=1S/C43H64O6Si/c1-11-14-38-16-13-17-40(48-38)30-34(4)27-33(3)28-36(44)15-12-18-41(47-31-35-19-21-37(45-8)22-20-35)42(49-50(9,10)43(5,6)7)24-23-39-29-32(2)25-26-46-39/h1,12-13,15-16,19-25,34,36,38-42,44H,3,14,17-18,26-31H2,2,4-10H3/b15-12+,24-23+/t34-,36?,38+,39+,40-,41-,42+/m0/s1. The molecule has 2 aliphatic rings. The van der Waals surface area contributed by atoms with Crippen molar-refractivity contribution in [2.24, 2.45) is 5.92 Å². The Bertz CT molecular complexity index is 1340. The van der Waals surface area contributed by atoms with Crippen LogP contribution in [0.2, 0.25) is 18.1 Å². The second kappa shape index (κ2) is 20.4. The van der Waals surface area contributed by atoms with Crippen molar-refractivity contribution in [2.45, 2.75) is 141 Å². The normalized spacial score (nSPS) is 22.6. The van der Waals surface area contributed by atoms with Crippen LogP contribution in [0.3, 0.4) is 0 Å². The molecule has 1 N–H and O–H groups in total. The number of aliphatic hydroxyl groups is 1. The number of hydrogen-bond donors (Lipinski definition) is 1. The topological polar surface area (TPSA) is 66.4 Å². The highest BCUT2D eigenvalue weighted by Crippen LogP contribution is 2.38. The Balaban J connectivity index is 1.70. The van der Waals surface area contributed by atoms with E-state index in [1.165, 1.54) is 5.57 Å². The number of hydrogen-bond acceptors (Lipinski definition) is 6. The lowest BCUT2D eigenvalue weighted by molar-refractivity contribution is -0.0204. The second-order valence-corrected chi connectivity index (χ2v) is 20.4. The van der Waals surface area contributed by atoms with E-state index in [9.17, 15) is 5.11 Å². The molecule has 276 valence electrons. The molecule has 6 nitrogen and oxygen atoms in total. The summed E-state index contributed by atoms with van der Waals surface area (Å²) in [5.41, 5.74) is 3.42. The molecular formula is C43H64O6Si. The maximum absolute atomic E-state index is 11.0. The smallest absolute Gasteiger partial charge is 0.193 e. The van der Waals surface area contributed by atoms with Crippen molar-refractivity contribution in [3.8, 4) is 18.1 Å². The lowest BCUT2D eigenvalue weighted by Crippen LogP contribution is -2.47. The molecule has 1 unspecified atom stereocenters. The lowest BCUT2D eigenvalue weighted by Gasteiger charge is -2.40. The summed E-state index contributed by atoms with van der Waals surface area (Å²) in [5.74, 6) is 3.90. The monoisotopic (exact) mass is 704 g/mol. The number of ether oxygens (including phenoxy) is 4. The average Bonchev–Trinajstić information content (AvgIpc) is 3.04. The zero-order chi connectivity index (χ0) is 36.7. The Morgan fingerprint density at radius 3 is 2.58 bits per heavy atom. The largest absolute Gasteiger partial charge is 0.497 e. The zero-order valence-corrected chi connectivity index (χ0v) is 33.0. The summed E-state index contributed by atoms with van der Waals surface area (Å²) >= 11 is 0. The highest BCUT2D eigenvalue weighted by atomic mass is 28.4. The molecule has 0 aliphatic carbocycles. The second-order valence-electron chi connectivity index (χ2n) is 15.7. The van der Waals surface area contributed by atoms with E-state index in [1.54, 1.807) is 7.11 Å². The number of aliphatic hydroxyl groups excluding tert-OH is 1. The van der Waals surface area contributed by atoms with Crippen LogP contribution in [0.25, 0.3) is 0 Å². The Labute approximate surface area is 304 Å². The third-order valence-electron chi connectivity index (χ3n) is 9.97. The van der Waals surface area contributed by atoms with Crippen molar-refractivity contribution in [2.75, 3.05) is 13.7 Å². The molecule has 50 heavy (non-hydrogen) atoms. The fraction of sp³-hybridized carbons (Fsp3) is 0.581. The van der Waals surface area contributed by atoms with Gasteiger partial charge in [0.05, 0.1) is 56.9 Å². The van der Waals surface area contributed by atoms with Gasteiger partial charge in [0.25, 0.3) is 0 Å². The van der Waals surface area contributed by atoms with Crippen LogP contribution in [-0.4, -0.2) is 63.8 Å². The van der Waals surface area contributed by atoms with Gasteiger partial charge in [-0.2, -0.15) is 0 Å². The first kappa shape index (κ1) is 41.7. The molecular weight excluding hydrogens is 641 g/mol.